The molecule has 0 aliphatic carbocycles. The van der Waals surface area contributed by atoms with Gasteiger partial charge in [-0.25, -0.2) is 0 Å². The molecule has 0 amide bonds. The van der Waals surface area contributed by atoms with E-state index in [-0.39, 0.29) is 6.10 Å². The molecule has 76 valence electrons. The fourth-order valence-corrected chi connectivity index (χ4v) is 1.85. The Morgan fingerprint density at radius 1 is 1.57 bits per heavy atom. The monoisotopic (exact) mass is 192 g/mol. The van der Waals surface area contributed by atoms with Crippen LogP contribution in [-0.4, -0.2) is 19.2 Å². The van der Waals surface area contributed by atoms with E-state index >= 15 is 0 Å². The highest BCUT2D eigenvalue weighted by Crippen LogP contribution is 2.34. The molecule has 1 aromatic carbocycles. The SMILES string of the molecule is CCN1CC(C)Oc2cc(N)ccc21. The van der Waals surface area contributed by atoms with Gasteiger partial charge in [-0.3, -0.25) is 0 Å². The van der Waals surface area contributed by atoms with Gasteiger partial charge in [-0.2, -0.15) is 0 Å². The molecule has 1 unspecified atom stereocenters. The van der Waals surface area contributed by atoms with Crippen LogP contribution in [0.4, 0.5) is 11.4 Å². The normalized spacial score (nSPS) is 20.1. The van der Waals surface area contributed by atoms with E-state index in [2.05, 4.69) is 18.7 Å². The maximum atomic E-state index is 5.72. The lowest BCUT2D eigenvalue weighted by Gasteiger charge is -2.34. The van der Waals surface area contributed by atoms with Crippen LogP contribution >= 0.6 is 0 Å². The summed E-state index contributed by atoms with van der Waals surface area (Å²) in [5, 5.41) is 0. The third-order valence-corrected chi connectivity index (χ3v) is 2.51. The van der Waals surface area contributed by atoms with Gasteiger partial charge < -0.3 is 15.4 Å². The molecule has 3 heteroatoms. The summed E-state index contributed by atoms with van der Waals surface area (Å²) >= 11 is 0. The van der Waals surface area contributed by atoms with E-state index in [1.54, 1.807) is 0 Å². The number of hydrogen-bond acceptors (Lipinski definition) is 3. The smallest absolute Gasteiger partial charge is 0.145 e. The van der Waals surface area contributed by atoms with Gasteiger partial charge >= 0.3 is 0 Å². The van der Waals surface area contributed by atoms with Gasteiger partial charge in [-0.1, -0.05) is 0 Å². The summed E-state index contributed by atoms with van der Waals surface area (Å²) in [7, 11) is 0. The van der Waals surface area contributed by atoms with E-state index in [0.717, 1.165) is 30.2 Å². The van der Waals surface area contributed by atoms with Gasteiger partial charge in [0.15, 0.2) is 0 Å². The van der Waals surface area contributed by atoms with Gasteiger partial charge in [0.25, 0.3) is 0 Å². The minimum atomic E-state index is 0.240. The molecule has 0 saturated carbocycles. The number of fused-ring (bicyclic) bond motifs is 1. The van der Waals surface area contributed by atoms with E-state index in [4.69, 9.17) is 10.5 Å². The first kappa shape index (κ1) is 9.19. The average Bonchev–Trinajstić information content (AvgIpc) is 2.15. The number of nitrogens with zero attached hydrogens (tertiary/aromatic N) is 1. The zero-order valence-electron chi connectivity index (χ0n) is 8.66. The lowest BCUT2D eigenvalue weighted by Crippen LogP contribution is -2.38. The second kappa shape index (κ2) is 3.40. The lowest BCUT2D eigenvalue weighted by molar-refractivity contribution is 0.213. The van der Waals surface area contributed by atoms with Crippen molar-refractivity contribution in [2.45, 2.75) is 20.0 Å². The Morgan fingerprint density at radius 2 is 2.36 bits per heavy atom. The lowest BCUT2D eigenvalue weighted by atomic mass is 10.2. The van der Waals surface area contributed by atoms with Gasteiger partial charge in [0, 0.05) is 18.3 Å². The van der Waals surface area contributed by atoms with Crippen molar-refractivity contribution < 1.29 is 4.74 Å². The summed E-state index contributed by atoms with van der Waals surface area (Å²) < 4.78 is 5.72. The summed E-state index contributed by atoms with van der Waals surface area (Å²) in [6, 6.07) is 5.84. The standard InChI is InChI=1S/C11H16N2O/c1-3-13-7-8(2)14-11-6-9(12)4-5-10(11)13/h4-6,8H,3,7,12H2,1-2H3. The van der Waals surface area contributed by atoms with Crippen LogP contribution in [0.15, 0.2) is 18.2 Å². The van der Waals surface area contributed by atoms with Gasteiger partial charge in [-0.05, 0) is 26.0 Å². The Kier molecular flexibility index (Phi) is 2.23. The molecule has 0 radical (unpaired) electrons. The number of benzene rings is 1. The summed E-state index contributed by atoms with van der Waals surface area (Å²) in [6.45, 7) is 6.19. The molecule has 0 bridgehead atoms. The Balaban J connectivity index is 2.40. The summed E-state index contributed by atoms with van der Waals surface area (Å²) in [5.41, 5.74) is 7.63. The van der Waals surface area contributed by atoms with Crippen LogP contribution < -0.4 is 15.4 Å². The minimum Gasteiger partial charge on any atom is -0.487 e. The van der Waals surface area contributed by atoms with Crippen LogP contribution in [0.2, 0.25) is 0 Å². The highest BCUT2D eigenvalue weighted by Gasteiger charge is 2.21. The molecule has 14 heavy (non-hydrogen) atoms. The van der Waals surface area contributed by atoms with Gasteiger partial charge in [0.2, 0.25) is 0 Å². The van der Waals surface area contributed by atoms with Crippen molar-refractivity contribution in [3.05, 3.63) is 18.2 Å². The predicted molar refractivity (Wildman–Crippen MR) is 58.8 cm³/mol. The van der Waals surface area contributed by atoms with Crippen LogP contribution in [-0.2, 0) is 0 Å². The number of rotatable bonds is 1. The number of nitrogens with two attached hydrogens (primary N) is 1. The van der Waals surface area contributed by atoms with E-state index in [9.17, 15) is 0 Å². The quantitative estimate of drug-likeness (QED) is 0.690. The van der Waals surface area contributed by atoms with Crippen LogP contribution in [0.25, 0.3) is 0 Å². The van der Waals surface area contributed by atoms with Crippen molar-refractivity contribution in [1.29, 1.82) is 0 Å². The second-order valence-corrected chi connectivity index (χ2v) is 3.69. The first-order valence-corrected chi connectivity index (χ1v) is 5.02. The third-order valence-electron chi connectivity index (χ3n) is 2.51. The predicted octanol–water partition coefficient (Wildman–Crippen LogP) is 1.88. The minimum absolute atomic E-state index is 0.240. The summed E-state index contributed by atoms with van der Waals surface area (Å²) in [5.74, 6) is 0.908. The highest BCUT2D eigenvalue weighted by molar-refractivity contribution is 5.65. The van der Waals surface area contributed by atoms with Crippen molar-refractivity contribution >= 4 is 11.4 Å². The third kappa shape index (κ3) is 1.50. The van der Waals surface area contributed by atoms with E-state index < -0.39 is 0 Å². The molecule has 1 aliphatic heterocycles. The van der Waals surface area contributed by atoms with Gasteiger partial charge in [-0.15, -0.1) is 0 Å². The van der Waals surface area contributed by atoms with Crippen molar-refractivity contribution in [1.82, 2.24) is 0 Å². The Hall–Kier alpha value is -1.38. The molecule has 0 fully saturated rings. The van der Waals surface area contributed by atoms with Crippen LogP contribution in [0, 0.1) is 0 Å². The van der Waals surface area contributed by atoms with Crippen LogP contribution in [0.5, 0.6) is 5.75 Å². The molecule has 0 aromatic heterocycles. The average molecular weight is 192 g/mol. The molecule has 2 rings (SSSR count). The maximum absolute atomic E-state index is 5.72. The number of likely N-dealkylation sites (N-methyl/N-ethyl adjacent to an activating group) is 1. The molecular formula is C11H16N2O. The van der Waals surface area contributed by atoms with Crippen molar-refractivity contribution in [3.8, 4) is 5.75 Å². The molecule has 3 nitrogen and oxygen atoms in total. The fraction of sp³-hybridized carbons (Fsp3) is 0.455. The van der Waals surface area contributed by atoms with Crippen LogP contribution in [0.3, 0.4) is 0 Å². The van der Waals surface area contributed by atoms with Gasteiger partial charge in [0.05, 0.1) is 12.2 Å². The zero-order chi connectivity index (χ0) is 10.1. The number of ether oxygens (including phenoxy) is 1. The first-order chi connectivity index (χ1) is 6.70. The van der Waals surface area contributed by atoms with Crippen molar-refractivity contribution in [3.63, 3.8) is 0 Å². The van der Waals surface area contributed by atoms with Crippen molar-refractivity contribution in [2.24, 2.45) is 0 Å². The Labute approximate surface area is 84.5 Å². The Bertz CT molecular complexity index is 338. The molecule has 1 heterocycles. The van der Waals surface area contributed by atoms with E-state index in [1.807, 2.05) is 18.2 Å². The summed E-state index contributed by atoms with van der Waals surface area (Å²) in [4.78, 5) is 2.31. The first-order valence-electron chi connectivity index (χ1n) is 5.02. The van der Waals surface area contributed by atoms with Gasteiger partial charge in [0.1, 0.15) is 11.9 Å². The summed E-state index contributed by atoms with van der Waals surface area (Å²) in [6.07, 6.45) is 0.240. The molecule has 0 saturated heterocycles. The van der Waals surface area contributed by atoms with Crippen molar-refractivity contribution in [2.75, 3.05) is 23.7 Å². The van der Waals surface area contributed by atoms with Crippen LogP contribution in [0.1, 0.15) is 13.8 Å². The largest absolute Gasteiger partial charge is 0.487 e. The topological polar surface area (TPSA) is 38.5 Å². The van der Waals surface area contributed by atoms with E-state index in [1.165, 1.54) is 0 Å². The van der Waals surface area contributed by atoms with E-state index in [0.29, 0.717) is 0 Å². The number of hydrogen-bond donors (Lipinski definition) is 1. The zero-order valence-corrected chi connectivity index (χ0v) is 8.66. The maximum Gasteiger partial charge on any atom is 0.145 e. The Morgan fingerprint density at radius 3 is 3.07 bits per heavy atom. The molecule has 1 aromatic rings. The molecule has 1 atom stereocenters. The highest BCUT2D eigenvalue weighted by atomic mass is 16.5. The number of nitrogen functional groups attached to an aromatic ring is 1. The fourth-order valence-electron chi connectivity index (χ4n) is 1.85. The molecule has 0 spiro atoms. The molecule has 2 N–H and O–H groups in total. The second-order valence-electron chi connectivity index (χ2n) is 3.69. The number of anilines is 2. The molecule has 1 aliphatic rings. The molecular weight excluding hydrogens is 176 g/mol.